The van der Waals surface area contributed by atoms with Crippen LogP contribution in [0, 0.1) is 5.82 Å². The van der Waals surface area contributed by atoms with Crippen LogP contribution in [0.2, 0.25) is 0 Å². The van der Waals surface area contributed by atoms with Crippen LogP contribution in [0.3, 0.4) is 0 Å². The summed E-state index contributed by atoms with van der Waals surface area (Å²) in [6.07, 6.45) is 6.94. The summed E-state index contributed by atoms with van der Waals surface area (Å²) in [7, 11) is 6.03. The fourth-order valence-electron chi connectivity index (χ4n) is 3.30. The third-order valence-corrected chi connectivity index (χ3v) is 4.86. The molecule has 0 saturated carbocycles. The van der Waals surface area contributed by atoms with E-state index in [2.05, 4.69) is 20.4 Å². The largest absolute Gasteiger partial charge is 0.366 e. The normalized spacial score (nSPS) is 11.1. The molecule has 0 atom stereocenters. The van der Waals surface area contributed by atoms with Gasteiger partial charge in [0.15, 0.2) is 5.65 Å². The van der Waals surface area contributed by atoms with Gasteiger partial charge >= 0.3 is 0 Å². The average Bonchev–Trinajstić information content (AvgIpc) is 3.43. The Labute approximate surface area is 173 Å². The molecule has 8 heteroatoms. The predicted molar refractivity (Wildman–Crippen MR) is 115 cm³/mol. The van der Waals surface area contributed by atoms with Gasteiger partial charge < -0.3 is 9.88 Å². The molecule has 0 aliphatic rings. The molecular weight excluding hydrogens is 378 g/mol. The van der Waals surface area contributed by atoms with Gasteiger partial charge in [0.2, 0.25) is 0 Å². The van der Waals surface area contributed by atoms with E-state index in [1.54, 1.807) is 47.5 Å². The Morgan fingerprint density at radius 2 is 1.90 bits per heavy atom. The number of hydrogen-bond acceptors (Lipinski definition) is 4. The first-order chi connectivity index (χ1) is 14.7. The summed E-state index contributed by atoms with van der Waals surface area (Å²) >= 11 is 0. The van der Waals surface area contributed by atoms with Gasteiger partial charge in [-0.2, -0.15) is 9.61 Å². The van der Waals surface area contributed by atoms with Crippen molar-refractivity contribution in [1.29, 1.82) is 0 Å². The SMILES string of the molecule is [B]c1cnn2c(NCc3ccc(-n4ccnc4)cc3)cc(-c3ccccc3F)nc12. The molecule has 5 rings (SSSR count). The zero-order chi connectivity index (χ0) is 20.5. The zero-order valence-corrected chi connectivity index (χ0v) is 15.9. The van der Waals surface area contributed by atoms with Crippen molar-refractivity contribution in [1.82, 2.24) is 24.1 Å². The lowest BCUT2D eigenvalue weighted by molar-refractivity contribution is 0.630. The molecule has 0 aliphatic carbocycles. The minimum absolute atomic E-state index is 0.339. The molecule has 6 nitrogen and oxygen atoms in total. The smallest absolute Gasteiger partial charge is 0.150 e. The fourth-order valence-corrected chi connectivity index (χ4v) is 3.30. The van der Waals surface area contributed by atoms with Crippen molar-refractivity contribution in [3.05, 3.63) is 90.9 Å². The third kappa shape index (κ3) is 3.32. The number of fused-ring (bicyclic) bond motifs is 1. The van der Waals surface area contributed by atoms with Crippen LogP contribution in [0.4, 0.5) is 10.2 Å². The van der Waals surface area contributed by atoms with Crippen LogP contribution in [-0.4, -0.2) is 32.0 Å². The van der Waals surface area contributed by atoms with E-state index in [0.717, 1.165) is 11.3 Å². The lowest BCUT2D eigenvalue weighted by Gasteiger charge is -2.12. The van der Waals surface area contributed by atoms with E-state index in [-0.39, 0.29) is 5.82 Å². The fraction of sp³-hybridized carbons (Fsp3) is 0.0455. The first kappa shape index (κ1) is 18.1. The van der Waals surface area contributed by atoms with Crippen LogP contribution in [0.5, 0.6) is 0 Å². The highest BCUT2D eigenvalue weighted by Gasteiger charge is 2.13. The monoisotopic (exact) mass is 394 g/mol. The van der Waals surface area contributed by atoms with E-state index in [1.807, 2.05) is 35.0 Å². The molecule has 2 radical (unpaired) electrons. The minimum Gasteiger partial charge on any atom is -0.366 e. The van der Waals surface area contributed by atoms with Crippen molar-refractivity contribution >= 4 is 24.8 Å². The predicted octanol–water partition coefficient (Wildman–Crippen LogP) is 3.13. The van der Waals surface area contributed by atoms with Gasteiger partial charge in [-0.1, -0.05) is 24.3 Å². The number of anilines is 1. The number of imidazole rings is 1. The molecule has 0 spiro atoms. The molecule has 3 aromatic heterocycles. The van der Waals surface area contributed by atoms with Crippen LogP contribution < -0.4 is 10.8 Å². The van der Waals surface area contributed by atoms with Gasteiger partial charge in [0.1, 0.15) is 19.5 Å². The molecule has 0 aliphatic heterocycles. The molecule has 0 fully saturated rings. The van der Waals surface area contributed by atoms with Crippen molar-refractivity contribution in [3.8, 4) is 16.9 Å². The van der Waals surface area contributed by atoms with E-state index in [4.69, 9.17) is 7.85 Å². The molecule has 144 valence electrons. The van der Waals surface area contributed by atoms with Crippen LogP contribution in [0.25, 0.3) is 22.6 Å². The second-order valence-electron chi connectivity index (χ2n) is 6.83. The van der Waals surface area contributed by atoms with E-state index < -0.39 is 0 Å². The van der Waals surface area contributed by atoms with E-state index >= 15 is 0 Å². The van der Waals surface area contributed by atoms with Crippen molar-refractivity contribution in [2.75, 3.05) is 5.32 Å². The van der Waals surface area contributed by atoms with Crippen molar-refractivity contribution in [3.63, 3.8) is 0 Å². The van der Waals surface area contributed by atoms with Crippen LogP contribution >= 0.6 is 0 Å². The average molecular weight is 394 g/mol. The highest BCUT2D eigenvalue weighted by molar-refractivity contribution is 6.36. The van der Waals surface area contributed by atoms with Crippen molar-refractivity contribution < 1.29 is 4.39 Å². The summed E-state index contributed by atoms with van der Waals surface area (Å²) < 4.78 is 17.9. The Balaban J connectivity index is 1.46. The van der Waals surface area contributed by atoms with Gasteiger partial charge in [-0.25, -0.2) is 14.4 Å². The lowest BCUT2D eigenvalue weighted by Crippen LogP contribution is -2.09. The highest BCUT2D eigenvalue weighted by Crippen LogP contribution is 2.24. The quantitative estimate of drug-likeness (QED) is 0.466. The van der Waals surface area contributed by atoms with E-state index in [0.29, 0.717) is 34.7 Å². The summed E-state index contributed by atoms with van der Waals surface area (Å²) in [6, 6.07) is 16.4. The standard InChI is InChI=1S/C22H16BFN6/c23-18-13-27-30-21(11-20(28-22(18)30)17-3-1-2-4-19(17)24)26-12-15-5-7-16(8-6-15)29-10-9-25-14-29/h1-11,13-14,26H,12H2. The molecular formula is C22H16BFN6. The molecule has 1 N–H and O–H groups in total. The Kier molecular flexibility index (Phi) is 4.51. The Morgan fingerprint density at radius 3 is 2.67 bits per heavy atom. The third-order valence-electron chi connectivity index (χ3n) is 4.86. The minimum atomic E-state index is -0.339. The molecule has 0 bridgehead atoms. The van der Waals surface area contributed by atoms with E-state index in [9.17, 15) is 4.39 Å². The summed E-state index contributed by atoms with van der Waals surface area (Å²) in [5.41, 5.74) is 3.93. The van der Waals surface area contributed by atoms with Crippen molar-refractivity contribution in [2.24, 2.45) is 0 Å². The second-order valence-corrected chi connectivity index (χ2v) is 6.83. The summed E-state index contributed by atoms with van der Waals surface area (Å²) in [4.78, 5) is 8.57. The molecule has 0 unspecified atom stereocenters. The van der Waals surface area contributed by atoms with Crippen LogP contribution in [0.15, 0.2) is 79.5 Å². The number of aromatic nitrogens is 5. The zero-order valence-electron chi connectivity index (χ0n) is 15.9. The number of hydrogen-bond donors (Lipinski definition) is 1. The number of benzene rings is 2. The molecule has 2 aromatic carbocycles. The number of nitrogens with zero attached hydrogens (tertiary/aromatic N) is 5. The summed E-state index contributed by atoms with van der Waals surface area (Å²) in [5.74, 6) is 0.335. The molecule has 3 heterocycles. The van der Waals surface area contributed by atoms with Gasteiger partial charge in [-0.15, -0.1) is 0 Å². The maximum Gasteiger partial charge on any atom is 0.150 e. The van der Waals surface area contributed by atoms with Crippen molar-refractivity contribution in [2.45, 2.75) is 6.54 Å². The second kappa shape index (κ2) is 7.48. The summed E-state index contributed by atoms with van der Waals surface area (Å²) in [6.45, 7) is 0.555. The van der Waals surface area contributed by atoms with Gasteiger partial charge in [-0.05, 0) is 35.3 Å². The first-order valence-electron chi connectivity index (χ1n) is 9.39. The topological polar surface area (TPSA) is 60.0 Å². The Morgan fingerprint density at radius 1 is 1.07 bits per heavy atom. The number of halogens is 1. The number of nitrogens with one attached hydrogen (secondary N) is 1. The number of rotatable bonds is 5. The Bertz CT molecular complexity index is 1310. The molecule has 5 aromatic rings. The van der Waals surface area contributed by atoms with Crippen LogP contribution in [-0.2, 0) is 6.54 Å². The van der Waals surface area contributed by atoms with E-state index in [1.165, 1.54) is 6.07 Å². The lowest BCUT2D eigenvalue weighted by atomic mass is 10.0. The van der Waals surface area contributed by atoms with Gasteiger partial charge in [-0.3, -0.25) is 0 Å². The Hall–Kier alpha value is -3.94. The molecule has 30 heavy (non-hydrogen) atoms. The highest BCUT2D eigenvalue weighted by atomic mass is 19.1. The molecule has 0 saturated heterocycles. The van der Waals surface area contributed by atoms with Gasteiger partial charge in [0.05, 0.1) is 12.0 Å². The summed E-state index contributed by atoms with van der Waals surface area (Å²) in [5, 5.41) is 7.66. The molecule has 0 amide bonds. The first-order valence-corrected chi connectivity index (χ1v) is 9.39. The maximum absolute atomic E-state index is 14.3. The van der Waals surface area contributed by atoms with Gasteiger partial charge in [0.25, 0.3) is 0 Å². The van der Waals surface area contributed by atoms with Crippen LogP contribution in [0.1, 0.15) is 5.56 Å². The maximum atomic E-state index is 14.3. The van der Waals surface area contributed by atoms with Gasteiger partial charge in [0, 0.05) is 42.5 Å².